The first-order valence-electron chi connectivity index (χ1n) is 5.73. The van der Waals surface area contributed by atoms with Crippen molar-refractivity contribution in [2.75, 3.05) is 0 Å². The molecule has 2 nitrogen and oxygen atoms in total. The summed E-state index contributed by atoms with van der Waals surface area (Å²) >= 11 is 0. The average Bonchev–Trinajstić information content (AvgIpc) is 2.58. The zero-order valence-corrected chi connectivity index (χ0v) is 10.4. The molecule has 0 fully saturated rings. The van der Waals surface area contributed by atoms with Gasteiger partial charge < -0.3 is 9.67 Å². The normalized spacial score (nSPS) is 12.6. The Morgan fingerprint density at radius 3 is 2.44 bits per heavy atom. The Hall–Kier alpha value is -1.28. The van der Waals surface area contributed by atoms with Crippen molar-refractivity contribution in [3.63, 3.8) is 0 Å². The SMILES string of the molecule is CC(C)n1ccc2cccc(C(C)(C)O)c21. The van der Waals surface area contributed by atoms with Crippen molar-refractivity contribution >= 4 is 10.9 Å². The number of aliphatic hydroxyl groups is 1. The van der Waals surface area contributed by atoms with Crippen molar-refractivity contribution in [1.29, 1.82) is 0 Å². The lowest BCUT2D eigenvalue weighted by atomic mass is 9.96. The number of rotatable bonds is 2. The molecule has 2 aromatic rings. The van der Waals surface area contributed by atoms with Gasteiger partial charge in [-0.05, 0) is 39.1 Å². The van der Waals surface area contributed by atoms with Crippen LogP contribution in [0.25, 0.3) is 10.9 Å². The van der Waals surface area contributed by atoms with Crippen molar-refractivity contribution in [2.24, 2.45) is 0 Å². The second kappa shape index (κ2) is 3.63. The molecular formula is C14H19NO. The van der Waals surface area contributed by atoms with Crippen LogP contribution in [0.1, 0.15) is 39.3 Å². The van der Waals surface area contributed by atoms with E-state index in [2.05, 4.69) is 36.7 Å². The lowest BCUT2D eigenvalue weighted by Gasteiger charge is -2.21. The number of fused-ring (bicyclic) bond motifs is 1. The monoisotopic (exact) mass is 217 g/mol. The third-order valence-corrected chi connectivity index (χ3v) is 2.96. The zero-order chi connectivity index (χ0) is 11.9. The largest absolute Gasteiger partial charge is 0.386 e. The lowest BCUT2D eigenvalue weighted by molar-refractivity contribution is 0.0798. The van der Waals surface area contributed by atoms with E-state index in [4.69, 9.17) is 0 Å². The maximum atomic E-state index is 10.2. The summed E-state index contributed by atoms with van der Waals surface area (Å²) in [7, 11) is 0. The molecule has 0 aliphatic heterocycles. The molecular weight excluding hydrogens is 198 g/mol. The fraction of sp³-hybridized carbons (Fsp3) is 0.429. The van der Waals surface area contributed by atoms with Gasteiger partial charge in [-0.15, -0.1) is 0 Å². The highest BCUT2D eigenvalue weighted by atomic mass is 16.3. The van der Waals surface area contributed by atoms with Crippen molar-refractivity contribution in [2.45, 2.75) is 39.3 Å². The minimum Gasteiger partial charge on any atom is -0.386 e. The summed E-state index contributed by atoms with van der Waals surface area (Å²) in [5.41, 5.74) is 1.33. The maximum absolute atomic E-state index is 10.2. The van der Waals surface area contributed by atoms with E-state index in [9.17, 15) is 5.11 Å². The maximum Gasteiger partial charge on any atom is 0.0860 e. The molecule has 1 N–H and O–H groups in total. The van der Waals surface area contributed by atoms with Crippen LogP contribution < -0.4 is 0 Å². The Bertz CT molecular complexity index is 503. The number of aromatic nitrogens is 1. The second-order valence-corrected chi connectivity index (χ2v) is 5.12. The summed E-state index contributed by atoms with van der Waals surface area (Å²) in [6.07, 6.45) is 2.09. The summed E-state index contributed by atoms with van der Waals surface area (Å²) in [5.74, 6) is 0. The number of benzene rings is 1. The van der Waals surface area contributed by atoms with Crippen molar-refractivity contribution in [3.8, 4) is 0 Å². The van der Waals surface area contributed by atoms with Crippen LogP contribution in [0.5, 0.6) is 0 Å². The third kappa shape index (κ3) is 1.74. The first-order valence-corrected chi connectivity index (χ1v) is 5.73. The van der Waals surface area contributed by atoms with Gasteiger partial charge in [0.2, 0.25) is 0 Å². The first kappa shape index (κ1) is 11.2. The highest BCUT2D eigenvalue weighted by molar-refractivity contribution is 5.84. The van der Waals surface area contributed by atoms with E-state index in [0.717, 1.165) is 11.1 Å². The molecule has 1 heterocycles. The molecule has 86 valence electrons. The summed E-state index contributed by atoms with van der Waals surface area (Å²) < 4.78 is 2.21. The van der Waals surface area contributed by atoms with E-state index in [1.165, 1.54) is 5.39 Å². The number of para-hydroxylation sites is 1. The highest BCUT2D eigenvalue weighted by Crippen LogP contribution is 2.30. The number of hydrogen-bond donors (Lipinski definition) is 1. The van der Waals surface area contributed by atoms with Gasteiger partial charge in [-0.3, -0.25) is 0 Å². The van der Waals surface area contributed by atoms with Gasteiger partial charge in [0.15, 0.2) is 0 Å². The van der Waals surface area contributed by atoms with Gasteiger partial charge in [-0.1, -0.05) is 18.2 Å². The Morgan fingerprint density at radius 2 is 1.88 bits per heavy atom. The van der Waals surface area contributed by atoms with Gasteiger partial charge in [0.25, 0.3) is 0 Å². The van der Waals surface area contributed by atoms with Gasteiger partial charge in [0.1, 0.15) is 0 Å². The van der Waals surface area contributed by atoms with Crippen molar-refractivity contribution in [1.82, 2.24) is 4.57 Å². The Morgan fingerprint density at radius 1 is 1.19 bits per heavy atom. The van der Waals surface area contributed by atoms with Crippen LogP contribution in [-0.2, 0) is 5.60 Å². The van der Waals surface area contributed by atoms with Gasteiger partial charge >= 0.3 is 0 Å². The molecule has 1 aromatic carbocycles. The van der Waals surface area contributed by atoms with E-state index in [-0.39, 0.29) is 0 Å². The molecule has 0 saturated carbocycles. The van der Waals surface area contributed by atoms with E-state index in [1.807, 2.05) is 26.0 Å². The first-order chi connectivity index (χ1) is 7.41. The van der Waals surface area contributed by atoms with E-state index >= 15 is 0 Å². The van der Waals surface area contributed by atoms with Gasteiger partial charge in [-0.2, -0.15) is 0 Å². The van der Waals surface area contributed by atoms with Crippen LogP contribution in [0.3, 0.4) is 0 Å². The molecule has 0 saturated heterocycles. The molecule has 0 bridgehead atoms. The van der Waals surface area contributed by atoms with Gasteiger partial charge in [-0.25, -0.2) is 0 Å². The summed E-state index contributed by atoms with van der Waals surface area (Å²) in [6.45, 7) is 7.97. The topological polar surface area (TPSA) is 25.2 Å². The lowest BCUT2D eigenvalue weighted by Crippen LogP contribution is -2.17. The fourth-order valence-corrected chi connectivity index (χ4v) is 2.14. The quantitative estimate of drug-likeness (QED) is 0.819. The molecule has 1 aromatic heterocycles. The van der Waals surface area contributed by atoms with Crippen LogP contribution >= 0.6 is 0 Å². The summed E-state index contributed by atoms with van der Waals surface area (Å²) in [6, 6.07) is 8.59. The van der Waals surface area contributed by atoms with Gasteiger partial charge in [0.05, 0.1) is 11.1 Å². The van der Waals surface area contributed by atoms with Crippen LogP contribution in [0.4, 0.5) is 0 Å². The molecule has 2 rings (SSSR count). The Labute approximate surface area is 96.5 Å². The molecule has 0 radical (unpaired) electrons. The van der Waals surface area contributed by atoms with Crippen molar-refractivity contribution in [3.05, 3.63) is 36.0 Å². The molecule has 0 unspecified atom stereocenters. The van der Waals surface area contributed by atoms with Crippen LogP contribution in [-0.4, -0.2) is 9.67 Å². The Kier molecular flexibility index (Phi) is 2.55. The molecule has 0 spiro atoms. The smallest absolute Gasteiger partial charge is 0.0860 e. The van der Waals surface area contributed by atoms with E-state index in [1.54, 1.807) is 0 Å². The predicted octanol–water partition coefficient (Wildman–Crippen LogP) is 3.45. The number of hydrogen-bond acceptors (Lipinski definition) is 1. The molecule has 16 heavy (non-hydrogen) atoms. The molecule has 0 amide bonds. The van der Waals surface area contributed by atoms with E-state index < -0.39 is 5.60 Å². The van der Waals surface area contributed by atoms with E-state index in [0.29, 0.717) is 6.04 Å². The molecule has 2 heteroatoms. The van der Waals surface area contributed by atoms with Crippen LogP contribution in [0.15, 0.2) is 30.5 Å². The second-order valence-electron chi connectivity index (χ2n) is 5.12. The average molecular weight is 217 g/mol. The Balaban J connectivity index is 2.79. The minimum atomic E-state index is -0.801. The number of nitrogens with zero attached hydrogens (tertiary/aromatic N) is 1. The van der Waals surface area contributed by atoms with Crippen LogP contribution in [0.2, 0.25) is 0 Å². The summed E-state index contributed by atoms with van der Waals surface area (Å²) in [4.78, 5) is 0. The highest BCUT2D eigenvalue weighted by Gasteiger charge is 2.21. The minimum absolute atomic E-state index is 0.404. The van der Waals surface area contributed by atoms with Crippen molar-refractivity contribution < 1.29 is 5.11 Å². The molecule has 0 atom stereocenters. The fourth-order valence-electron chi connectivity index (χ4n) is 2.14. The summed E-state index contributed by atoms with van der Waals surface area (Å²) in [5, 5.41) is 11.4. The zero-order valence-electron chi connectivity index (χ0n) is 10.4. The standard InChI is InChI=1S/C14H19NO/c1-10(2)15-9-8-11-6-5-7-12(13(11)15)14(3,4)16/h5-10,16H,1-4H3. The third-order valence-electron chi connectivity index (χ3n) is 2.96. The van der Waals surface area contributed by atoms with Gasteiger partial charge in [0, 0.05) is 17.8 Å². The predicted molar refractivity (Wildman–Crippen MR) is 67.6 cm³/mol. The van der Waals surface area contributed by atoms with Crippen LogP contribution in [0, 0.1) is 0 Å². The molecule has 0 aliphatic carbocycles. The molecule has 0 aliphatic rings.